The molecule has 2 aliphatic heterocycles. The Hall–Kier alpha value is -2.68. The minimum Gasteiger partial charge on any atom is -0.756 e. The summed E-state index contributed by atoms with van der Waals surface area (Å²) < 4.78 is 51.7. The van der Waals surface area contributed by atoms with Crippen LogP contribution in [0, 0.1) is 0 Å². The van der Waals surface area contributed by atoms with E-state index in [1.165, 1.54) is 27.9 Å². The van der Waals surface area contributed by atoms with Gasteiger partial charge in [0.05, 0.1) is 25.2 Å². The smallest absolute Gasteiger partial charge is 0.478 e. The van der Waals surface area contributed by atoms with Crippen LogP contribution in [0.15, 0.2) is 37.2 Å². The van der Waals surface area contributed by atoms with E-state index in [0.717, 1.165) is 6.33 Å². The molecule has 0 bridgehead atoms. The van der Waals surface area contributed by atoms with Gasteiger partial charge >= 0.3 is 7.82 Å². The van der Waals surface area contributed by atoms with E-state index in [1.807, 2.05) is 0 Å². The van der Waals surface area contributed by atoms with Gasteiger partial charge in [-0.05, 0) is 6.07 Å². The number of nitrogens with zero attached hydrogens (tertiary/aromatic N) is 5. The van der Waals surface area contributed by atoms with Crippen molar-refractivity contribution >= 4 is 38.3 Å². The van der Waals surface area contributed by atoms with E-state index in [-0.39, 0.29) is 17.0 Å². The molecule has 0 aliphatic carbocycles. The number of rotatable bonds is 10. The van der Waals surface area contributed by atoms with Crippen LogP contribution >= 0.6 is 15.6 Å². The highest BCUT2D eigenvalue weighted by Crippen LogP contribution is 2.58. The van der Waals surface area contributed by atoms with E-state index < -0.39 is 77.9 Å². The first-order chi connectivity index (χ1) is 19.8. The van der Waals surface area contributed by atoms with Gasteiger partial charge in [0, 0.05) is 6.07 Å². The van der Waals surface area contributed by atoms with Gasteiger partial charge < -0.3 is 55.7 Å². The molecule has 2 unspecified atom stereocenters. The number of aliphatic hydroxyl groups is 4. The predicted octanol–water partition coefficient (Wildman–Crippen LogP) is -3.16. The lowest BCUT2D eigenvalue weighted by atomic mass is 10.1. The number of hydrogen-bond donors (Lipinski definition) is 7. The maximum absolute atomic E-state index is 12.4. The van der Waals surface area contributed by atoms with Crippen molar-refractivity contribution in [2.45, 2.75) is 49.1 Å². The number of aliphatic hydroxyl groups excluding tert-OH is 4. The number of ether oxygens (including phenoxy) is 2. The van der Waals surface area contributed by atoms with Crippen molar-refractivity contribution in [1.29, 1.82) is 0 Å². The molecule has 20 nitrogen and oxygen atoms in total. The van der Waals surface area contributed by atoms with Gasteiger partial charge in [0.15, 0.2) is 36.2 Å². The average Bonchev–Trinajstić information content (AvgIpc) is 3.56. The normalized spacial score (nSPS) is 32.6. The predicted molar refractivity (Wildman–Crippen MR) is 133 cm³/mol. The second kappa shape index (κ2) is 11.8. The van der Waals surface area contributed by atoms with Gasteiger partial charge in [-0.3, -0.25) is 13.7 Å². The molecule has 5 heterocycles. The molecular weight excluding hydrogens is 608 g/mol. The van der Waals surface area contributed by atoms with Crippen molar-refractivity contribution in [3.05, 3.63) is 37.2 Å². The molecule has 5 rings (SSSR count). The number of aromatic nitrogens is 5. The molecule has 10 atom stereocenters. The van der Waals surface area contributed by atoms with Crippen molar-refractivity contribution in [3.63, 3.8) is 0 Å². The average molecular weight is 635 g/mol. The van der Waals surface area contributed by atoms with Crippen LogP contribution in [0.25, 0.3) is 11.2 Å². The lowest BCUT2D eigenvalue weighted by Crippen LogP contribution is -2.45. The van der Waals surface area contributed by atoms with Gasteiger partial charge in [0.25, 0.3) is 14.1 Å². The number of hydrogen-bond acceptors (Lipinski definition) is 17. The zero-order valence-corrected chi connectivity index (χ0v) is 23.1. The molecule has 22 heteroatoms. The Morgan fingerprint density at radius 1 is 1.00 bits per heavy atom. The number of nitrogen functional groups attached to an aromatic ring is 2. The van der Waals surface area contributed by atoms with E-state index >= 15 is 0 Å². The van der Waals surface area contributed by atoms with Crippen LogP contribution in [-0.2, 0) is 32.0 Å². The standard InChI is InChI=1S/C20H27N7O13P2/c21-9-2-1-3-26(4-9)19-15(30)13(28)10(38-19)5-36-41(32,33)40-42(34,35)37-6-11-14(29)16(31)20(39-11)27-8-25-12-17(22)23-7-24-18(12)27/h1-4,7-8,10-11,13-16,19-20,28-31H,5-6,21H2,(H3-,22,23,24,32,33,34,35)/t10-,11-,13-,14-,15-,16-,19-,20-/m1/s1. The van der Waals surface area contributed by atoms with Gasteiger partial charge in [-0.15, -0.1) is 0 Å². The molecule has 230 valence electrons. The second-order valence-corrected chi connectivity index (χ2v) is 12.4. The lowest BCUT2D eigenvalue weighted by molar-refractivity contribution is -0.765. The Bertz CT molecular complexity index is 1530. The maximum atomic E-state index is 12.4. The summed E-state index contributed by atoms with van der Waals surface area (Å²) in [4.78, 5) is 34.1. The molecule has 2 saturated heterocycles. The fraction of sp³-hybridized carbons (Fsp3) is 0.500. The molecule has 0 radical (unpaired) electrons. The van der Waals surface area contributed by atoms with Gasteiger partial charge in [-0.25, -0.2) is 23.8 Å². The third-order valence-electron chi connectivity index (χ3n) is 6.48. The minimum atomic E-state index is -5.56. The Morgan fingerprint density at radius 2 is 1.69 bits per heavy atom. The quantitative estimate of drug-likeness (QED) is 0.0853. The second-order valence-electron chi connectivity index (χ2n) is 9.35. The third-order valence-corrected chi connectivity index (χ3v) is 9.04. The highest BCUT2D eigenvalue weighted by atomic mass is 31.3. The summed E-state index contributed by atoms with van der Waals surface area (Å²) in [5.41, 5.74) is 12.1. The Kier molecular flexibility index (Phi) is 8.63. The fourth-order valence-electron chi connectivity index (χ4n) is 4.44. The fourth-order valence-corrected chi connectivity index (χ4v) is 6.49. The van der Waals surface area contributed by atoms with E-state index in [9.17, 15) is 39.3 Å². The first-order valence-corrected chi connectivity index (χ1v) is 15.1. The SMILES string of the molecule is Nc1ccc[n+]([C@@H]2O[C@H](COP(=O)([O-])OP(=O)(O)OC[C@H]3O[C@@H](n4cnc5c(N)ncnc54)[C@H](O)[C@@H]3O)[C@@H](O)[C@H]2O)c1. The third kappa shape index (κ3) is 6.31. The molecular formula is C20H27N7O13P2. The van der Waals surface area contributed by atoms with E-state index in [2.05, 4.69) is 28.3 Å². The largest absolute Gasteiger partial charge is 0.756 e. The number of phosphoric ester groups is 2. The van der Waals surface area contributed by atoms with Crippen LogP contribution in [-0.4, -0.2) is 94.7 Å². The minimum absolute atomic E-state index is 0.0552. The maximum Gasteiger partial charge on any atom is 0.478 e. The molecule has 0 saturated carbocycles. The zero-order valence-electron chi connectivity index (χ0n) is 21.3. The highest BCUT2D eigenvalue weighted by Gasteiger charge is 2.49. The summed E-state index contributed by atoms with van der Waals surface area (Å²) in [5, 5.41) is 41.4. The van der Waals surface area contributed by atoms with Crippen molar-refractivity contribution in [3.8, 4) is 0 Å². The van der Waals surface area contributed by atoms with Gasteiger partial charge in [0.2, 0.25) is 0 Å². The number of nitrogens with two attached hydrogens (primary N) is 2. The summed E-state index contributed by atoms with van der Waals surface area (Å²) in [5.74, 6) is 0.0552. The number of anilines is 2. The first kappa shape index (κ1) is 30.8. The topological polar surface area (TPSA) is 304 Å². The molecule has 2 aliphatic rings. The monoisotopic (exact) mass is 635 g/mol. The molecule has 9 N–H and O–H groups in total. The molecule has 42 heavy (non-hydrogen) atoms. The summed E-state index contributed by atoms with van der Waals surface area (Å²) in [6.45, 7) is -1.80. The Balaban J connectivity index is 1.16. The number of pyridine rings is 1. The van der Waals surface area contributed by atoms with E-state index in [1.54, 1.807) is 12.1 Å². The van der Waals surface area contributed by atoms with E-state index in [4.69, 9.17) is 20.9 Å². The molecule has 3 aromatic rings. The van der Waals surface area contributed by atoms with Crippen LogP contribution in [0.1, 0.15) is 12.5 Å². The molecule has 0 aromatic carbocycles. The van der Waals surface area contributed by atoms with Crippen LogP contribution < -0.4 is 20.9 Å². The summed E-state index contributed by atoms with van der Waals surface area (Å²) in [7, 11) is -11.0. The summed E-state index contributed by atoms with van der Waals surface area (Å²) in [6, 6.07) is 3.13. The number of fused-ring (bicyclic) bond motifs is 1. The summed E-state index contributed by atoms with van der Waals surface area (Å²) in [6.07, 6.45) is -6.27. The van der Waals surface area contributed by atoms with Crippen LogP contribution in [0.5, 0.6) is 0 Å². The van der Waals surface area contributed by atoms with Crippen LogP contribution in [0.2, 0.25) is 0 Å². The van der Waals surface area contributed by atoms with E-state index in [0.29, 0.717) is 5.69 Å². The Morgan fingerprint density at radius 3 is 2.43 bits per heavy atom. The van der Waals surface area contributed by atoms with Crippen molar-refractivity contribution in [2.75, 3.05) is 24.7 Å². The highest BCUT2D eigenvalue weighted by molar-refractivity contribution is 7.60. The summed E-state index contributed by atoms with van der Waals surface area (Å²) >= 11 is 0. The van der Waals surface area contributed by atoms with Gasteiger partial charge in [-0.2, -0.15) is 4.57 Å². The molecule has 3 aromatic heterocycles. The first-order valence-electron chi connectivity index (χ1n) is 12.1. The molecule has 2 fully saturated rings. The van der Waals surface area contributed by atoms with Crippen molar-refractivity contribution in [1.82, 2.24) is 19.5 Å². The van der Waals surface area contributed by atoms with Crippen molar-refractivity contribution < 1.29 is 66.7 Å². The molecule has 0 spiro atoms. The number of imidazole rings is 1. The molecule has 0 amide bonds. The van der Waals surface area contributed by atoms with Crippen LogP contribution in [0.3, 0.4) is 0 Å². The Labute approximate surface area is 235 Å². The van der Waals surface area contributed by atoms with Crippen molar-refractivity contribution in [2.24, 2.45) is 0 Å². The zero-order chi connectivity index (χ0) is 30.4. The lowest BCUT2D eigenvalue weighted by Gasteiger charge is -2.26. The van der Waals surface area contributed by atoms with Crippen LogP contribution in [0.4, 0.5) is 11.5 Å². The van der Waals surface area contributed by atoms with Gasteiger partial charge in [0.1, 0.15) is 42.4 Å². The van der Waals surface area contributed by atoms with Gasteiger partial charge in [-0.1, -0.05) is 0 Å². The number of phosphoric acid groups is 2.